The number of benzene rings is 1. The van der Waals surface area contributed by atoms with E-state index in [1.807, 2.05) is 12.3 Å². The third-order valence-electron chi connectivity index (χ3n) is 5.02. The van der Waals surface area contributed by atoms with Crippen LogP contribution < -0.4 is 10.2 Å². The van der Waals surface area contributed by atoms with Gasteiger partial charge in [0.2, 0.25) is 0 Å². The van der Waals surface area contributed by atoms with Gasteiger partial charge in [0, 0.05) is 36.4 Å². The van der Waals surface area contributed by atoms with Crippen LogP contribution >= 0.6 is 11.6 Å². The maximum absolute atomic E-state index is 13.4. The maximum Gasteiger partial charge on any atom is 0.152 e. The fourth-order valence-electron chi connectivity index (χ4n) is 3.79. The van der Waals surface area contributed by atoms with Crippen molar-refractivity contribution in [1.29, 1.82) is 0 Å². The van der Waals surface area contributed by atoms with Crippen LogP contribution in [0.3, 0.4) is 0 Å². The van der Waals surface area contributed by atoms with Crippen LogP contribution in [0.5, 0.6) is 0 Å². The van der Waals surface area contributed by atoms with Crippen LogP contribution in [0.15, 0.2) is 36.8 Å². The van der Waals surface area contributed by atoms with E-state index in [1.54, 1.807) is 12.4 Å². The lowest BCUT2D eigenvalue weighted by molar-refractivity contribution is -0.118. The number of nitrogens with one attached hydrogen (secondary N) is 2. The highest BCUT2D eigenvalue weighted by Crippen LogP contribution is 2.28. The summed E-state index contributed by atoms with van der Waals surface area (Å²) >= 11 is 5.85. The number of aromatic amines is 1. The molecule has 0 radical (unpaired) electrons. The zero-order chi connectivity index (χ0) is 19.5. The monoisotopic (exact) mass is 401 g/mol. The van der Waals surface area contributed by atoms with Crippen LogP contribution in [0.4, 0.5) is 15.9 Å². The molecule has 1 aliphatic heterocycles. The smallest absolute Gasteiger partial charge is 0.152 e. The van der Waals surface area contributed by atoms with Crippen molar-refractivity contribution in [3.63, 3.8) is 0 Å². The molecule has 1 aromatic carbocycles. The van der Waals surface area contributed by atoms with Gasteiger partial charge in [-0.15, -0.1) is 0 Å². The molecule has 146 valence electrons. The van der Waals surface area contributed by atoms with Crippen molar-refractivity contribution in [2.45, 2.75) is 19.3 Å². The number of piperidine rings is 1. The lowest BCUT2D eigenvalue weighted by Gasteiger charge is -2.33. The van der Waals surface area contributed by atoms with Crippen LogP contribution in [0.1, 0.15) is 19.3 Å². The Kier molecular flexibility index (Phi) is 5.43. The molecule has 1 aliphatic rings. The molecule has 28 heavy (non-hydrogen) atoms. The molecule has 2 N–H and O–H groups in total. The van der Waals surface area contributed by atoms with Gasteiger partial charge in [-0.1, -0.05) is 11.6 Å². The second-order valence-corrected chi connectivity index (χ2v) is 7.58. The summed E-state index contributed by atoms with van der Waals surface area (Å²) < 4.78 is 13.4. The summed E-state index contributed by atoms with van der Waals surface area (Å²) in [4.78, 5) is 26.5. The van der Waals surface area contributed by atoms with Gasteiger partial charge < -0.3 is 15.2 Å². The van der Waals surface area contributed by atoms with Crippen molar-refractivity contribution in [3.8, 4) is 0 Å². The molecule has 0 bridgehead atoms. The Morgan fingerprint density at radius 3 is 3.11 bits per heavy atom. The number of halogens is 2. The molecule has 1 fully saturated rings. The lowest BCUT2D eigenvalue weighted by Crippen LogP contribution is -2.37. The summed E-state index contributed by atoms with van der Waals surface area (Å²) in [5.74, 6) is 0.854. The Morgan fingerprint density at radius 1 is 1.36 bits per heavy atom. The van der Waals surface area contributed by atoms with Gasteiger partial charge >= 0.3 is 0 Å². The van der Waals surface area contributed by atoms with Crippen molar-refractivity contribution in [3.05, 3.63) is 47.6 Å². The molecule has 1 atom stereocenters. The minimum Gasteiger partial charge on any atom is -0.378 e. The van der Waals surface area contributed by atoms with Gasteiger partial charge in [-0.05, 0) is 43.0 Å². The summed E-state index contributed by atoms with van der Waals surface area (Å²) in [6.45, 7) is 1.86. The van der Waals surface area contributed by atoms with Crippen LogP contribution in [0.2, 0.25) is 5.02 Å². The Morgan fingerprint density at radius 2 is 2.25 bits per heavy atom. The Bertz CT molecular complexity index is 971. The molecule has 3 aromatic rings. The second kappa shape index (κ2) is 8.14. The topological polar surface area (TPSA) is 73.9 Å². The molecular weight excluding hydrogens is 381 g/mol. The number of nitrogens with zero attached hydrogens (tertiary/aromatic N) is 3. The molecular formula is C20H21ClFN5O. The largest absolute Gasteiger partial charge is 0.378 e. The number of rotatable bonds is 6. The SMILES string of the molecule is O=C(CNc1cc(F)cc(Cl)c1)CC1CCCN(c2ncnc3[nH]ccc23)C1. The Hall–Kier alpha value is -2.67. The molecule has 4 rings (SSSR count). The van der Waals surface area contributed by atoms with Gasteiger partial charge in [-0.25, -0.2) is 14.4 Å². The van der Waals surface area contributed by atoms with E-state index >= 15 is 0 Å². The highest BCUT2D eigenvalue weighted by Gasteiger charge is 2.24. The molecule has 0 spiro atoms. The average molecular weight is 402 g/mol. The highest BCUT2D eigenvalue weighted by molar-refractivity contribution is 6.30. The standard InChI is InChI=1S/C20H21ClFN5O/c21-14-7-15(22)9-16(8-14)24-10-17(28)6-13-2-1-5-27(11-13)20-18-3-4-23-19(18)25-12-26-20/h3-4,7-9,12-13,24H,1-2,5-6,10-11H2,(H,23,25,26). The number of anilines is 2. The van der Waals surface area contributed by atoms with E-state index in [2.05, 4.69) is 25.2 Å². The van der Waals surface area contributed by atoms with E-state index in [0.29, 0.717) is 17.1 Å². The van der Waals surface area contributed by atoms with Crippen LogP contribution in [-0.4, -0.2) is 40.4 Å². The Labute approximate surface area is 167 Å². The van der Waals surface area contributed by atoms with Gasteiger partial charge in [-0.2, -0.15) is 0 Å². The zero-order valence-electron chi connectivity index (χ0n) is 15.3. The molecule has 0 amide bonds. The van der Waals surface area contributed by atoms with Gasteiger partial charge in [0.05, 0.1) is 11.9 Å². The molecule has 3 heterocycles. The van der Waals surface area contributed by atoms with Crippen molar-refractivity contribution >= 4 is 39.9 Å². The first-order valence-electron chi connectivity index (χ1n) is 9.33. The summed E-state index contributed by atoms with van der Waals surface area (Å²) in [6.07, 6.45) is 5.93. The van der Waals surface area contributed by atoms with Crippen LogP contribution in [0, 0.1) is 11.7 Å². The fourth-order valence-corrected chi connectivity index (χ4v) is 4.01. The number of aromatic nitrogens is 3. The average Bonchev–Trinajstić information content (AvgIpc) is 3.15. The number of carbonyl (C=O) groups excluding carboxylic acids is 1. The fraction of sp³-hybridized carbons (Fsp3) is 0.350. The number of carbonyl (C=O) groups is 1. The molecule has 0 saturated carbocycles. The predicted molar refractivity (Wildman–Crippen MR) is 108 cm³/mol. The Balaban J connectivity index is 1.36. The summed E-state index contributed by atoms with van der Waals surface area (Å²) in [5.41, 5.74) is 1.33. The van der Waals surface area contributed by atoms with Crippen molar-refractivity contribution in [1.82, 2.24) is 15.0 Å². The number of hydrogen-bond donors (Lipinski definition) is 2. The molecule has 1 unspecified atom stereocenters. The van der Waals surface area contributed by atoms with E-state index in [4.69, 9.17) is 11.6 Å². The number of ketones is 1. The molecule has 1 saturated heterocycles. The van der Waals surface area contributed by atoms with Crippen molar-refractivity contribution < 1.29 is 9.18 Å². The number of Topliss-reactive ketones (excluding diaryl/α,β-unsaturated/α-hetero) is 1. The van der Waals surface area contributed by atoms with E-state index < -0.39 is 5.82 Å². The van der Waals surface area contributed by atoms with Gasteiger partial charge in [0.15, 0.2) is 5.78 Å². The van der Waals surface area contributed by atoms with Crippen molar-refractivity contribution in [2.75, 3.05) is 29.9 Å². The molecule has 2 aromatic heterocycles. The van der Waals surface area contributed by atoms with E-state index in [-0.39, 0.29) is 18.2 Å². The zero-order valence-corrected chi connectivity index (χ0v) is 16.0. The van der Waals surface area contributed by atoms with Crippen LogP contribution in [-0.2, 0) is 4.79 Å². The van der Waals surface area contributed by atoms with E-state index in [9.17, 15) is 9.18 Å². The predicted octanol–water partition coefficient (Wildman–Crippen LogP) is 4.04. The first-order valence-corrected chi connectivity index (χ1v) is 9.71. The van der Waals surface area contributed by atoms with Gasteiger partial charge in [0.1, 0.15) is 23.6 Å². The minimum atomic E-state index is -0.425. The molecule has 8 heteroatoms. The number of H-pyrrole nitrogens is 1. The first kappa shape index (κ1) is 18.7. The van der Waals surface area contributed by atoms with Crippen LogP contribution in [0.25, 0.3) is 11.0 Å². The van der Waals surface area contributed by atoms with Gasteiger partial charge in [-0.3, -0.25) is 4.79 Å². The maximum atomic E-state index is 13.4. The first-order chi connectivity index (χ1) is 13.6. The summed E-state index contributed by atoms with van der Waals surface area (Å²) in [7, 11) is 0. The quantitative estimate of drug-likeness (QED) is 0.652. The summed E-state index contributed by atoms with van der Waals surface area (Å²) in [5, 5.41) is 4.27. The molecule has 0 aliphatic carbocycles. The minimum absolute atomic E-state index is 0.0988. The lowest BCUT2D eigenvalue weighted by atomic mass is 9.92. The number of hydrogen-bond acceptors (Lipinski definition) is 5. The third kappa shape index (κ3) is 4.25. The normalized spacial score (nSPS) is 17.1. The second-order valence-electron chi connectivity index (χ2n) is 7.15. The van der Waals surface area contributed by atoms with Crippen molar-refractivity contribution in [2.24, 2.45) is 5.92 Å². The van der Waals surface area contributed by atoms with E-state index in [1.165, 1.54) is 12.1 Å². The third-order valence-corrected chi connectivity index (χ3v) is 5.24. The molecule has 6 nitrogen and oxygen atoms in total. The van der Waals surface area contributed by atoms with Gasteiger partial charge in [0.25, 0.3) is 0 Å². The summed E-state index contributed by atoms with van der Waals surface area (Å²) in [6, 6.07) is 6.16. The highest BCUT2D eigenvalue weighted by atomic mass is 35.5. The number of fused-ring (bicyclic) bond motifs is 1. The van der Waals surface area contributed by atoms with E-state index in [0.717, 1.165) is 42.8 Å².